The molecule has 2 atom stereocenters. The Kier molecular flexibility index (Phi) is 5.86. The Labute approximate surface area is 137 Å². The minimum Gasteiger partial charge on any atom is -0.303 e. The molecule has 2 aromatic carbocycles. The van der Waals surface area contributed by atoms with Crippen molar-refractivity contribution in [3.8, 4) is 0 Å². The van der Waals surface area contributed by atoms with Crippen LogP contribution >= 0.6 is 0 Å². The third-order valence-corrected chi connectivity index (χ3v) is 4.27. The third-order valence-electron chi connectivity index (χ3n) is 4.27. The Morgan fingerprint density at radius 3 is 2.13 bits per heavy atom. The Balaban J connectivity index is 2.36. The molecule has 0 amide bonds. The maximum atomic E-state index is 13.1. The summed E-state index contributed by atoms with van der Waals surface area (Å²) >= 11 is 0. The van der Waals surface area contributed by atoms with Crippen LogP contribution in [0.15, 0.2) is 55.1 Å². The summed E-state index contributed by atoms with van der Waals surface area (Å²) < 4.78 is 13.1. The topological polar surface area (TPSA) is 17.1 Å². The standard InChI is InChI=1S/C21H23FO/c1-4-5-20(17-8-6-16(7-9-17)15(2)3)21(14-23)18-10-12-19(22)13-11-18/h6-14,20-21H,2,4-5H2,1,3H3. The quantitative estimate of drug-likeness (QED) is 0.597. The van der Waals surface area contributed by atoms with Gasteiger partial charge in [-0.15, -0.1) is 0 Å². The fourth-order valence-corrected chi connectivity index (χ4v) is 2.97. The van der Waals surface area contributed by atoms with Crippen LogP contribution in [0.25, 0.3) is 5.57 Å². The second-order valence-electron chi connectivity index (χ2n) is 6.01. The monoisotopic (exact) mass is 310 g/mol. The van der Waals surface area contributed by atoms with Crippen LogP contribution in [-0.4, -0.2) is 6.29 Å². The van der Waals surface area contributed by atoms with Gasteiger partial charge < -0.3 is 4.79 Å². The molecule has 23 heavy (non-hydrogen) atoms. The first kappa shape index (κ1) is 17.1. The SMILES string of the molecule is C=C(C)c1ccc(C(CCC)C(C=O)c2ccc(F)cc2)cc1. The maximum absolute atomic E-state index is 13.1. The van der Waals surface area contributed by atoms with Crippen LogP contribution in [0.1, 0.15) is 55.2 Å². The summed E-state index contributed by atoms with van der Waals surface area (Å²) in [5, 5.41) is 0. The maximum Gasteiger partial charge on any atom is 0.128 e. The molecule has 1 nitrogen and oxygen atoms in total. The highest BCUT2D eigenvalue weighted by Gasteiger charge is 2.24. The zero-order chi connectivity index (χ0) is 16.8. The van der Waals surface area contributed by atoms with Crippen molar-refractivity contribution in [2.75, 3.05) is 0 Å². The third kappa shape index (κ3) is 4.16. The molecule has 0 aliphatic rings. The van der Waals surface area contributed by atoms with Crippen molar-refractivity contribution in [2.24, 2.45) is 0 Å². The van der Waals surface area contributed by atoms with E-state index >= 15 is 0 Å². The summed E-state index contributed by atoms with van der Waals surface area (Å²) in [6.45, 7) is 8.04. The van der Waals surface area contributed by atoms with E-state index in [1.807, 2.05) is 19.1 Å². The highest BCUT2D eigenvalue weighted by atomic mass is 19.1. The van der Waals surface area contributed by atoms with Gasteiger partial charge in [-0.3, -0.25) is 0 Å². The Morgan fingerprint density at radius 1 is 1.09 bits per heavy atom. The number of aldehydes is 1. The lowest BCUT2D eigenvalue weighted by Crippen LogP contribution is -2.13. The molecule has 0 radical (unpaired) electrons. The number of hydrogen-bond donors (Lipinski definition) is 0. The summed E-state index contributed by atoms with van der Waals surface area (Å²) in [5.41, 5.74) is 4.13. The van der Waals surface area contributed by atoms with Gasteiger partial charge in [0.2, 0.25) is 0 Å². The van der Waals surface area contributed by atoms with Crippen molar-refractivity contribution in [3.05, 3.63) is 77.6 Å². The van der Waals surface area contributed by atoms with E-state index in [1.165, 1.54) is 12.1 Å². The lowest BCUT2D eigenvalue weighted by atomic mass is 9.79. The first-order valence-electron chi connectivity index (χ1n) is 8.03. The zero-order valence-corrected chi connectivity index (χ0v) is 13.8. The van der Waals surface area contributed by atoms with Crippen LogP contribution in [0.2, 0.25) is 0 Å². The number of allylic oxidation sites excluding steroid dienone is 1. The molecule has 0 saturated heterocycles. The van der Waals surface area contributed by atoms with E-state index in [4.69, 9.17) is 0 Å². The van der Waals surface area contributed by atoms with E-state index in [0.717, 1.165) is 41.4 Å². The van der Waals surface area contributed by atoms with Crippen molar-refractivity contribution >= 4 is 11.9 Å². The lowest BCUT2D eigenvalue weighted by Gasteiger charge is -2.24. The summed E-state index contributed by atoms with van der Waals surface area (Å²) in [5.74, 6) is -0.440. The average molecular weight is 310 g/mol. The minimum atomic E-state index is -0.281. The summed E-state index contributed by atoms with van der Waals surface area (Å²) in [6.07, 6.45) is 2.88. The van der Waals surface area contributed by atoms with Crippen LogP contribution in [0.3, 0.4) is 0 Å². The van der Waals surface area contributed by atoms with Gasteiger partial charge in [-0.25, -0.2) is 4.39 Å². The van der Waals surface area contributed by atoms with Crippen molar-refractivity contribution in [2.45, 2.75) is 38.5 Å². The molecular formula is C21H23FO. The molecule has 2 unspecified atom stereocenters. The predicted octanol–water partition coefficient (Wildman–Crippen LogP) is 5.73. The van der Waals surface area contributed by atoms with E-state index in [1.54, 1.807) is 12.1 Å². The minimum absolute atomic E-state index is 0.0992. The van der Waals surface area contributed by atoms with Gasteiger partial charge in [0.1, 0.15) is 12.1 Å². The van der Waals surface area contributed by atoms with E-state index in [2.05, 4.69) is 25.6 Å². The molecule has 0 aliphatic carbocycles. The fourth-order valence-electron chi connectivity index (χ4n) is 2.97. The summed E-state index contributed by atoms with van der Waals surface area (Å²) in [7, 11) is 0. The molecular weight excluding hydrogens is 287 g/mol. The van der Waals surface area contributed by atoms with Crippen LogP contribution in [0.4, 0.5) is 4.39 Å². The van der Waals surface area contributed by atoms with E-state index in [0.29, 0.717) is 0 Å². The predicted molar refractivity (Wildman–Crippen MR) is 94.0 cm³/mol. The highest BCUT2D eigenvalue weighted by molar-refractivity contribution is 5.65. The number of benzene rings is 2. The van der Waals surface area contributed by atoms with E-state index < -0.39 is 0 Å². The van der Waals surface area contributed by atoms with Crippen LogP contribution < -0.4 is 0 Å². The van der Waals surface area contributed by atoms with Gasteiger partial charge in [-0.1, -0.05) is 61.9 Å². The van der Waals surface area contributed by atoms with Gasteiger partial charge in [-0.2, -0.15) is 0 Å². The smallest absolute Gasteiger partial charge is 0.128 e. The van der Waals surface area contributed by atoms with Crippen molar-refractivity contribution in [1.82, 2.24) is 0 Å². The molecule has 0 spiro atoms. The Bertz CT molecular complexity index is 655. The van der Waals surface area contributed by atoms with Gasteiger partial charge in [0, 0.05) is 5.92 Å². The number of carbonyl (C=O) groups excluding carboxylic acids is 1. The number of rotatable bonds is 7. The second kappa shape index (κ2) is 7.87. The van der Waals surface area contributed by atoms with Gasteiger partial charge in [0.25, 0.3) is 0 Å². The van der Waals surface area contributed by atoms with E-state index in [-0.39, 0.29) is 17.7 Å². The molecule has 0 aliphatic heterocycles. The summed E-state index contributed by atoms with van der Waals surface area (Å²) in [6, 6.07) is 14.5. The largest absolute Gasteiger partial charge is 0.303 e. The van der Waals surface area contributed by atoms with Crippen LogP contribution in [0, 0.1) is 5.82 Å². The molecule has 0 bridgehead atoms. The zero-order valence-electron chi connectivity index (χ0n) is 13.8. The average Bonchev–Trinajstić information content (AvgIpc) is 2.56. The normalized spacial score (nSPS) is 13.3. The molecule has 2 aromatic rings. The molecule has 0 N–H and O–H groups in total. The van der Waals surface area contributed by atoms with Crippen molar-refractivity contribution < 1.29 is 9.18 Å². The fraction of sp³-hybridized carbons (Fsp3) is 0.286. The number of halogens is 1. The van der Waals surface area contributed by atoms with Gasteiger partial charge >= 0.3 is 0 Å². The van der Waals surface area contributed by atoms with Gasteiger partial charge in [0.05, 0.1) is 0 Å². The highest BCUT2D eigenvalue weighted by Crippen LogP contribution is 2.35. The van der Waals surface area contributed by atoms with Crippen LogP contribution in [-0.2, 0) is 4.79 Å². The number of carbonyl (C=O) groups is 1. The molecule has 0 aromatic heterocycles. The Morgan fingerprint density at radius 2 is 1.65 bits per heavy atom. The van der Waals surface area contributed by atoms with Gasteiger partial charge in [0.15, 0.2) is 0 Å². The Hall–Kier alpha value is -2.22. The molecule has 0 saturated carbocycles. The second-order valence-corrected chi connectivity index (χ2v) is 6.01. The number of hydrogen-bond acceptors (Lipinski definition) is 1. The first-order valence-corrected chi connectivity index (χ1v) is 8.03. The molecule has 2 heteroatoms. The summed E-state index contributed by atoms with van der Waals surface area (Å²) in [4.78, 5) is 11.7. The lowest BCUT2D eigenvalue weighted by molar-refractivity contribution is -0.109. The van der Waals surface area contributed by atoms with E-state index in [9.17, 15) is 9.18 Å². The first-order chi connectivity index (χ1) is 11.1. The molecule has 120 valence electrons. The van der Waals surface area contributed by atoms with Crippen molar-refractivity contribution in [1.29, 1.82) is 0 Å². The van der Waals surface area contributed by atoms with Crippen molar-refractivity contribution in [3.63, 3.8) is 0 Å². The molecule has 0 heterocycles. The van der Waals surface area contributed by atoms with Crippen LogP contribution in [0.5, 0.6) is 0 Å². The molecule has 0 fully saturated rings. The molecule has 2 rings (SSSR count). The van der Waals surface area contributed by atoms with Gasteiger partial charge in [-0.05, 0) is 48.1 Å².